The number of hydrogen-bond acceptors (Lipinski definition) is 4. The van der Waals surface area contributed by atoms with Crippen LogP contribution in [0.1, 0.15) is 27.9 Å². The number of hydrogen-bond donors (Lipinski definition) is 2. The van der Waals surface area contributed by atoms with Crippen LogP contribution in [0.4, 0.5) is 8.78 Å². The van der Waals surface area contributed by atoms with E-state index < -0.39 is 12.6 Å². The van der Waals surface area contributed by atoms with Crippen LogP contribution in [-0.4, -0.2) is 37.2 Å². The molecule has 0 aromatic heterocycles. The van der Waals surface area contributed by atoms with E-state index in [4.69, 9.17) is 9.84 Å². The summed E-state index contributed by atoms with van der Waals surface area (Å²) in [5.41, 5.74) is 1.47. The number of methoxy groups -OCH3 is 1. The molecule has 0 aliphatic carbocycles. The fourth-order valence-electron chi connectivity index (χ4n) is 2.69. The Kier molecular flexibility index (Phi) is 7.74. The second-order valence-electron chi connectivity index (χ2n) is 5.93. The summed E-state index contributed by atoms with van der Waals surface area (Å²) in [6.45, 7) is -2.66. The number of benzene rings is 2. The third-order valence-corrected chi connectivity index (χ3v) is 4.05. The number of alkyl halides is 2. The standard InChI is InChI=1S/C20H21F2NO5/c1-27-16-8-6-13(12-17(16)28-20(21)22)10-11-23-18(24)9-7-14-4-2-3-5-15(14)19(25)26/h2-6,8,12,20H,7,9-11H2,1H3,(H,23,24)(H,25,26). The lowest BCUT2D eigenvalue weighted by atomic mass is 10.0. The molecule has 8 heteroatoms. The van der Waals surface area contributed by atoms with Gasteiger partial charge in [-0.15, -0.1) is 0 Å². The van der Waals surface area contributed by atoms with Crippen LogP contribution in [0.5, 0.6) is 11.5 Å². The van der Waals surface area contributed by atoms with E-state index in [1.165, 1.54) is 25.3 Å². The molecule has 28 heavy (non-hydrogen) atoms. The van der Waals surface area contributed by atoms with Gasteiger partial charge in [-0.25, -0.2) is 4.79 Å². The van der Waals surface area contributed by atoms with Gasteiger partial charge in [0.15, 0.2) is 11.5 Å². The highest BCUT2D eigenvalue weighted by atomic mass is 19.3. The SMILES string of the molecule is COc1ccc(CCNC(=O)CCc2ccccc2C(=O)O)cc1OC(F)F. The van der Waals surface area contributed by atoms with E-state index in [-0.39, 0.29) is 29.4 Å². The molecule has 0 saturated heterocycles. The van der Waals surface area contributed by atoms with Crippen molar-refractivity contribution in [2.75, 3.05) is 13.7 Å². The van der Waals surface area contributed by atoms with Crippen LogP contribution in [0.3, 0.4) is 0 Å². The summed E-state index contributed by atoms with van der Waals surface area (Å²) in [4.78, 5) is 23.2. The van der Waals surface area contributed by atoms with Crippen LogP contribution >= 0.6 is 0 Å². The molecule has 0 aliphatic heterocycles. The number of aryl methyl sites for hydroxylation is 1. The zero-order valence-corrected chi connectivity index (χ0v) is 15.3. The van der Waals surface area contributed by atoms with Gasteiger partial charge in [0, 0.05) is 13.0 Å². The summed E-state index contributed by atoms with van der Waals surface area (Å²) in [6, 6.07) is 11.2. The van der Waals surface area contributed by atoms with Gasteiger partial charge in [0.1, 0.15) is 0 Å². The van der Waals surface area contributed by atoms with Gasteiger partial charge in [0.2, 0.25) is 5.91 Å². The minimum atomic E-state index is -2.96. The molecule has 0 fully saturated rings. The molecular weight excluding hydrogens is 372 g/mol. The number of carbonyl (C=O) groups is 2. The first kappa shape index (κ1) is 21.1. The Balaban J connectivity index is 1.85. The summed E-state index contributed by atoms with van der Waals surface area (Å²) < 4.78 is 34.3. The Morgan fingerprint density at radius 1 is 1.11 bits per heavy atom. The summed E-state index contributed by atoms with van der Waals surface area (Å²) in [6.07, 6.45) is 0.872. The number of nitrogens with one attached hydrogen (secondary N) is 1. The van der Waals surface area contributed by atoms with E-state index in [2.05, 4.69) is 10.1 Å². The molecule has 2 N–H and O–H groups in total. The molecule has 0 atom stereocenters. The molecule has 0 aliphatic rings. The molecule has 2 rings (SSSR count). The highest BCUT2D eigenvalue weighted by Gasteiger charge is 2.12. The predicted octanol–water partition coefficient (Wildman–Crippen LogP) is 3.29. The van der Waals surface area contributed by atoms with Gasteiger partial charge in [-0.1, -0.05) is 24.3 Å². The molecule has 0 unspecified atom stereocenters. The highest BCUT2D eigenvalue weighted by Crippen LogP contribution is 2.29. The topological polar surface area (TPSA) is 84.9 Å². The Labute approximate surface area is 161 Å². The van der Waals surface area contributed by atoms with Crippen molar-refractivity contribution in [2.45, 2.75) is 25.9 Å². The van der Waals surface area contributed by atoms with Crippen molar-refractivity contribution in [1.29, 1.82) is 0 Å². The van der Waals surface area contributed by atoms with E-state index in [9.17, 15) is 18.4 Å². The molecule has 2 aromatic rings. The van der Waals surface area contributed by atoms with E-state index in [0.29, 0.717) is 30.5 Å². The van der Waals surface area contributed by atoms with E-state index in [0.717, 1.165) is 0 Å². The fourth-order valence-corrected chi connectivity index (χ4v) is 2.69. The molecule has 1 amide bonds. The van der Waals surface area contributed by atoms with Gasteiger partial charge in [-0.05, 0) is 42.2 Å². The van der Waals surface area contributed by atoms with Crippen LogP contribution in [0.2, 0.25) is 0 Å². The van der Waals surface area contributed by atoms with Crippen molar-refractivity contribution in [3.63, 3.8) is 0 Å². The fraction of sp³-hybridized carbons (Fsp3) is 0.300. The third-order valence-electron chi connectivity index (χ3n) is 4.05. The molecule has 0 bridgehead atoms. The number of ether oxygens (including phenoxy) is 2. The first-order chi connectivity index (χ1) is 13.4. The lowest BCUT2D eigenvalue weighted by Crippen LogP contribution is -2.26. The van der Waals surface area contributed by atoms with Crippen LogP contribution < -0.4 is 14.8 Å². The average molecular weight is 393 g/mol. The number of halogens is 2. The quantitative estimate of drug-likeness (QED) is 0.647. The van der Waals surface area contributed by atoms with Crippen molar-refractivity contribution < 1.29 is 33.0 Å². The van der Waals surface area contributed by atoms with Crippen molar-refractivity contribution in [1.82, 2.24) is 5.32 Å². The zero-order valence-electron chi connectivity index (χ0n) is 15.3. The zero-order chi connectivity index (χ0) is 20.5. The molecule has 0 radical (unpaired) electrons. The molecule has 2 aromatic carbocycles. The molecule has 0 saturated carbocycles. The number of carboxylic acid groups (broad SMARTS) is 1. The maximum atomic E-state index is 12.5. The minimum absolute atomic E-state index is 0.0633. The number of carboxylic acids is 1. The molecule has 0 heterocycles. The van der Waals surface area contributed by atoms with Crippen LogP contribution in [0.15, 0.2) is 42.5 Å². The number of rotatable bonds is 10. The van der Waals surface area contributed by atoms with Crippen LogP contribution in [-0.2, 0) is 17.6 Å². The number of aromatic carboxylic acids is 1. The first-order valence-electron chi connectivity index (χ1n) is 8.60. The molecule has 0 spiro atoms. The minimum Gasteiger partial charge on any atom is -0.493 e. The Bertz CT molecular complexity index is 826. The van der Waals surface area contributed by atoms with Gasteiger partial charge < -0.3 is 19.9 Å². The summed E-state index contributed by atoms with van der Waals surface area (Å²) in [7, 11) is 1.36. The predicted molar refractivity (Wildman–Crippen MR) is 98.1 cm³/mol. The van der Waals surface area contributed by atoms with Gasteiger partial charge in [-0.2, -0.15) is 8.78 Å². The normalized spacial score (nSPS) is 10.6. The Morgan fingerprint density at radius 2 is 1.86 bits per heavy atom. The molecular formula is C20H21F2NO5. The molecule has 6 nitrogen and oxygen atoms in total. The number of carbonyl (C=O) groups excluding carboxylic acids is 1. The maximum Gasteiger partial charge on any atom is 0.387 e. The van der Waals surface area contributed by atoms with Crippen molar-refractivity contribution in [2.24, 2.45) is 0 Å². The van der Waals surface area contributed by atoms with Gasteiger partial charge in [0.05, 0.1) is 12.7 Å². The Morgan fingerprint density at radius 3 is 2.54 bits per heavy atom. The summed E-state index contributed by atoms with van der Waals surface area (Å²) in [5, 5.41) is 11.9. The first-order valence-corrected chi connectivity index (χ1v) is 8.60. The largest absolute Gasteiger partial charge is 0.493 e. The van der Waals surface area contributed by atoms with Crippen molar-refractivity contribution in [3.05, 3.63) is 59.2 Å². The van der Waals surface area contributed by atoms with E-state index >= 15 is 0 Å². The van der Waals surface area contributed by atoms with Crippen molar-refractivity contribution in [3.8, 4) is 11.5 Å². The van der Waals surface area contributed by atoms with Gasteiger partial charge in [0.25, 0.3) is 0 Å². The average Bonchev–Trinajstić information content (AvgIpc) is 2.66. The van der Waals surface area contributed by atoms with Gasteiger partial charge in [-0.3, -0.25) is 4.79 Å². The number of amides is 1. The Hall–Kier alpha value is -3.16. The smallest absolute Gasteiger partial charge is 0.387 e. The molecule has 150 valence electrons. The summed E-state index contributed by atoms with van der Waals surface area (Å²) in [5.74, 6) is -1.12. The second kappa shape index (κ2) is 10.2. The lowest BCUT2D eigenvalue weighted by Gasteiger charge is -2.12. The third kappa shape index (κ3) is 6.22. The van der Waals surface area contributed by atoms with E-state index in [1.54, 1.807) is 24.3 Å². The van der Waals surface area contributed by atoms with Crippen LogP contribution in [0, 0.1) is 0 Å². The van der Waals surface area contributed by atoms with Gasteiger partial charge >= 0.3 is 12.6 Å². The van der Waals surface area contributed by atoms with Crippen molar-refractivity contribution >= 4 is 11.9 Å². The maximum absolute atomic E-state index is 12.5. The summed E-state index contributed by atoms with van der Waals surface area (Å²) >= 11 is 0. The monoisotopic (exact) mass is 393 g/mol. The van der Waals surface area contributed by atoms with E-state index in [1.807, 2.05) is 0 Å². The lowest BCUT2D eigenvalue weighted by molar-refractivity contribution is -0.121. The van der Waals surface area contributed by atoms with Crippen LogP contribution in [0.25, 0.3) is 0 Å². The second-order valence-corrected chi connectivity index (χ2v) is 5.93. The highest BCUT2D eigenvalue weighted by molar-refractivity contribution is 5.89.